The van der Waals surface area contributed by atoms with E-state index >= 15 is 0 Å². The quantitative estimate of drug-likeness (QED) is 0.431. The van der Waals surface area contributed by atoms with Gasteiger partial charge in [-0.3, -0.25) is 4.79 Å². The lowest BCUT2D eigenvalue weighted by Gasteiger charge is -2.32. The first-order chi connectivity index (χ1) is 14.7. The standard InChI is InChI=1S/C27H25NO3/c1-16-7-9-17(10-8-16)19-13-14-27(2,3)23-12-11-18(15-22(19)23)25(29)20-5-4-6-21(24(20)28)26(30)31/h4-13,15H,14,28H2,1-3H3,(H,30,31). The van der Waals surface area contributed by atoms with E-state index in [1.54, 1.807) is 12.1 Å². The van der Waals surface area contributed by atoms with Gasteiger partial charge in [0.25, 0.3) is 0 Å². The summed E-state index contributed by atoms with van der Waals surface area (Å²) in [6, 6.07) is 18.6. The molecule has 3 N–H and O–H groups in total. The number of para-hydroxylation sites is 1. The summed E-state index contributed by atoms with van der Waals surface area (Å²) >= 11 is 0. The molecule has 0 aliphatic heterocycles. The first-order valence-electron chi connectivity index (χ1n) is 10.3. The maximum Gasteiger partial charge on any atom is 0.337 e. The summed E-state index contributed by atoms with van der Waals surface area (Å²) < 4.78 is 0. The Balaban J connectivity index is 1.83. The molecule has 1 aliphatic rings. The molecule has 31 heavy (non-hydrogen) atoms. The van der Waals surface area contributed by atoms with Crippen molar-refractivity contribution in [2.75, 3.05) is 5.73 Å². The molecule has 3 aromatic rings. The third-order valence-corrected chi connectivity index (χ3v) is 6.06. The first-order valence-corrected chi connectivity index (χ1v) is 10.3. The number of nitrogen functional groups attached to an aromatic ring is 1. The Bertz CT molecular complexity index is 1230. The highest BCUT2D eigenvalue weighted by Crippen LogP contribution is 2.42. The minimum atomic E-state index is -1.15. The number of carboxylic acids is 1. The van der Waals surface area contributed by atoms with Gasteiger partial charge in [0.15, 0.2) is 5.78 Å². The highest BCUT2D eigenvalue weighted by atomic mass is 16.4. The smallest absolute Gasteiger partial charge is 0.337 e. The highest BCUT2D eigenvalue weighted by molar-refractivity contribution is 6.14. The van der Waals surface area contributed by atoms with E-state index in [1.165, 1.54) is 17.2 Å². The molecular weight excluding hydrogens is 386 g/mol. The summed E-state index contributed by atoms with van der Waals surface area (Å²) in [6.07, 6.45) is 3.14. The number of aryl methyl sites for hydroxylation is 1. The largest absolute Gasteiger partial charge is 0.478 e. The fourth-order valence-corrected chi connectivity index (χ4v) is 4.19. The SMILES string of the molecule is Cc1ccc(C2=CCC(C)(C)c3ccc(C(=O)c4cccc(C(=O)O)c4N)cc32)cc1. The van der Waals surface area contributed by atoms with E-state index in [1.807, 2.05) is 18.2 Å². The van der Waals surface area contributed by atoms with Crippen LogP contribution >= 0.6 is 0 Å². The van der Waals surface area contributed by atoms with Crippen LogP contribution in [-0.4, -0.2) is 16.9 Å². The van der Waals surface area contributed by atoms with Crippen LogP contribution in [0.3, 0.4) is 0 Å². The fraction of sp³-hybridized carbons (Fsp3) is 0.185. The molecule has 0 amide bonds. The second-order valence-corrected chi connectivity index (χ2v) is 8.73. The van der Waals surface area contributed by atoms with Crippen LogP contribution in [0.5, 0.6) is 0 Å². The molecule has 4 nitrogen and oxygen atoms in total. The zero-order valence-corrected chi connectivity index (χ0v) is 17.9. The van der Waals surface area contributed by atoms with Crippen LogP contribution in [0.25, 0.3) is 5.57 Å². The molecule has 0 atom stereocenters. The van der Waals surface area contributed by atoms with Gasteiger partial charge in [0, 0.05) is 11.1 Å². The number of hydrogen-bond donors (Lipinski definition) is 2. The monoisotopic (exact) mass is 411 g/mol. The number of nitrogens with two attached hydrogens (primary N) is 1. The maximum atomic E-state index is 13.3. The number of hydrogen-bond acceptors (Lipinski definition) is 3. The number of fused-ring (bicyclic) bond motifs is 1. The van der Waals surface area contributed by atoms with Crippen molar-refractivity contribution in [1.82, 2.24) is 0 Å². The van der Waals surface area contributed by atoms with Crippen molar-refractivity contribution in [1.29, 1.82) is 0 Å². The van der Waals surface area contributed by atoms with Gasteiger partial charge in [-0.15, -0.1) is 0 Å². The topological polar surface area (TPSA) is 80.4 Å². The predicted octanol–water partition coefficient (Wildman–Crippen LogP) is 5.62. The van der Waals surface area contributed by atoms with Crippen LogP contribution in [-0.2, 0) is 5.41 Å². The summed E-state index contributed by atoms with van der Waals surface area (Å²) in [4.78, 5) is 24.7. The Labute approximate surface area is 182 Å². The van der Waals surface area contributed by atoms with Gasteiger partial charge in [-0.1, -0.05) is 68.0 Å². The van der Waals surface area contributed by atoms with Gasteiger partial charge in [0.05, 0.1) is 11.3 Å². The molecule has 4 heteroatoms. The molecule has 0 saturated carbocycles. The second kappa shape index (κ2) is 7.55. The molecule has 0 saturated heterocycles. The van der Waals surface area contributed by atoms with Crippen LogP contribution in [0.4, 0.5) is 5.69 Å². The Morgan fingerprint density at radius 1 is 0.968 bits per heavy atom. The number of aromatic carboxylic acids is 1. The lowest BCUT2D eigenvalue weighted by Crippen LogP contribution is -2.22. The number of carbonyl (C=O) groups is 2. The molecule has 0 fully saturated rings. The highest BCUT2D eigenvalue weighted by Gasteiger charge is 2.29. The summed E-state index contributed by atoms with van der Waals surface area (Å²) in [6.45, 7) is 6.46. The number of carboxylic acid groups (broad SMARTS) is 1. The van der Waals surface area contributed by atoms with Crippen LogP contribution in [0.1, 0.15) is 68.8 Å². The van der Waals surface area contributed by atoms with Crippen LogP contribution < -0.4 is 5.73 Å². The Morgan fingerprint density at radius 2 is 1.65 bits per heavy atom. The van der Waals surface area contributed by atoms with Gasteiger partial charge < -0.3 is 10.8 Å². The third kappa shape index (κ3) is 3.66. The summed E-state index contributed by atoms with van der Waals surface area (Å²) in [5.74, 6) is -1.43. The van der Waals surface area contributed by atoms with E-state index in [4.69, 9.17) is 5.73 Å². The average molecular weight is 412 g/mol. The van der Waals surface area contributed by atoms with E-state index in [0.29, 0.717) is 5.56 Å². The van der Waals surface area contributed by atoms with Gasteiger partial charge in [-0.2, -0.15) is 0 Å². The number of carbonyl (C=O) groups excluding carboxylic acids is 1. The third-order valence-electron chi connectivity index (χ3n) is 6.06. The van der Waals surface area contributed by atoms with Crippen LogP contribution in [0.15, 0.2) is 66.7 Å². The average Bonchev–Trinajstić information content (AvgIpc) is 2.74. The lowest BCUT2D eigenvalue weighted by molar-refractivity contribution is 0.0698. The van der Waals surface area contributed by atoms with Crippen molar-refractivity contribution < 1.29 is 14.7 Å². The molecule has 0 aromatic heterocycles. The van der Waals surface area contributed by atoms with E-state index in [2.05, 4.69) is 51.1 Å². The number of allylic oxidation sites excluding steroid dienone is 1. The molecule has 0 spiro atoms. The zero-order chi connectivity index (χ0) is 22.3. The van der Waals surface area contributed by atoms with Crippen molar-refractivity contribution in [2.24, 2.45) is 0 Å². The molecule has 3 aromatic carbocycles. The molecular formula is C27H25NO3. The lowest BCUT2D eigenvalue weighted by atomic mass is 9.71. The number of rotatable bonds is 4. The molecule has 156 valence electrons. The summed E-state index contributed by atoms with van der Waals surface area (Å²) in [5.41, 5.74) is 12.2. The van der Waals surface area contributed by atoms with Crippen LogP contribution in [0.2, 0.25) is 0 Å². The Hall–Kier alpha value is -3.66. The first kappa shape index (κ1) is 20.6. The molecule has 0 unspecified atom stereocenters. The van der Waals surface area contributed by atoms with Crippen molar-refractivity contribution in [3.63, 3.8) is 0 Å². The number of benzene rings is 3. The molecule has 1 aliphatic carbocycles. The molecule has 4 rings (SSSR count). The second-order valence-electron chi connectivity index (χ2n) is 8.73. The van der Waals surface area contributed by atoms with Crippen molar-refractivity contribution in [3.8, 4) is 0 Å². The van der Waals surface area contributed by atoms with E-state index < -0.39 is 5.97 Å². The van der Waals surface area contributed by atoms with Crippen molar-refractivity contribution in [3.05, 3.63) is 106 Å². The normalized spacial score (nSPS) is 14.5. The van der Waals surface area contributed by atoms with Gasteiger partial charge in [-0.25, -0.2) is 4.79 Å². The van der Waals surface area contributed by atoms with Crippen molar-refractivity contribution in [2.45, 2.75) is 32.6 Å². The Kier molecular flexibility index (Phi) is 5.02. The summed E-state index contributed by atoms with van der Waals surface area (Å²) in [7, 11) is 0. The number of ketones is 1. The molecule has 0 bridgehead atoms. The predicted molar refractivity (Wildman–Crippen MR) is 124 cm³/mol. The van der Waals surface area contributed by atoms with Crippen molar-refractivity contribution >= 4 is 23.0 Å². The van der Waals surface area contributed by atoms with Gasteiger partial charge in [0.2, 0.25) is 0 Å². The number of anilines is 1. The van der Waals surface area contributed by atoms with Crippen LogP contribution in [0, 0.1) is 6.92 Å². The van der Waals surface area contributed by atoms with E-state index in [0.717, 1.165) is 23.1 Å². The van der Waals surface area contributed by atoms with E-state index in [9.17, 15) is 14.7 Å². The molecule has 0 heterocycles. The molecule has 0 radical (unpaired) electrons. The maximum absolute atomic E-state index is 13.3. The minimum absolute atomic E-state index is 0.00708. The van der Waals surface area contributed by atoms with Gasteiger partial charge in [0.1, 0.15) is 0 Å². The van der Waals surface area contributed by atoms with Gasteiger partial charge >= 0.3 is 5.97 Å². The zero-order valence-electron chi connectivity index (χ0n) is 17.9. The van der Waals surface area contributed by atoms with Gasteiger partial charge in [-0.05, 0) is 59.2 Å². The Morgan fingerprint density at radius 3 is 2.32 bits per heavy atom. The summed E-state index contributed by atoms with van der Waals surface area (Å²) in [5, 5.41) is 9.34. The fourth-order valence-electron chi connectivity index (χ4n) is 4.19. The minimum Gasteiger partial charge on any atom is -0.478 e. The van der Waals surface area contributed by atoms with E-state index in [-0.39, 0.29) is 28.0 Å².